The fourth-order valence-electron chi connectivity index (χ4n) is 2.78. The quantitative estimate of drug-likeness (QED) is 0.354. The van der Waals surface area contributed by atoms with Crippen LogP contribution < -0.4 is 0 Å². The van der Waals surface area contributed by atoms with Crippen molar-refractivity contribution in [2.24, 2.45) is 5.92 Å². The van der Waals surface area contributed by atoms with Gasteiger partial charge in [-0.3, -0.25) is 0 Å². The topological polar surface area (TPSA) is 3.24 Å². The SMILES string of the molecule is CCCCCCCCCCCCN1CC(CCl)C1. The maximum Gasteiger partial charge on any atom is 0.0276 e. The summed E-state index contributed by atoms with van der Waals surface area (Å²) in [7, 11) is 0. The van der Waals surface area contributed by atoms with E-state index in [9.17, 15) is 0 Å². The summed E-state index contributed by atoms with van der Waals surface area (Å²) in [6.07, 6.45) is 14.3. The maximum atomic E-state index is 5.81. The highest BCUT2D eigenvalue weighted by Gasteiger charge is 2.24. The lowest BCUT2D eigenvalue weighted by molar-refractivity contribution is 0.113. The monoisotopic (exact) mass is 273 g/mol. The summed E-state index contributed by atoms with van der Waals surface area (Å²) in [4.78, 5) is 2.55. The first-order chi connectivity index (χ1) is 8.86. The molecule has 0 radical (unpaired) electrons. The Kier molecular flexibility index (Phi) is 10.1. The molecule has 0 saturated carbocycles. The lowest BCUT2D eigenvalue weighted by Gasteiger charge is -2.38. The van der Waals surface area contributed by atoms with Gasteiger partial charge in [-0.05, 0) is 18.9 Å². The van der Waals surface area contributed by atoms with Crippen molar-refractivity contribution in [3.63, 3.8) is 0 Å². The standard InChI is InChI=1S/C16H32ClN/c1-2-3-4-5-6-7-8-9-10-11-12-18-14-16(13-17)15-18/h16H,2-15H2,1H3. The molecule has 2 heteroatoms. The normalized spacial score (nSPS) is 17.0. The minimum absolute atomic E-state index is 0.787. The lowest BCUT2D eigenvalue weighted by Crippen LogP contribution is -2.47. The number of nitrogens with zero attached hydrogens (tertiary/aromatic N) is 1. The van der Waals surface area contributed by atoms with Gasteiger partial charge in [0.25, 0.3) is 0 Å². The lowest BCUT2D eigenvalue weighted by atomic mass is 10.0. The Hall–Kier alpha value is 0.250. The van der Waals surface area contributed by atoms with Gasteiger partial charge in [-0.25, -0.2) is 0 Å². The third-order valence-corrected chi connectivity index (χ3v) is 4.52. The van der Waals surface area contributed by atoms with Crippen LogP contribution in [0.1, 0.15) is 71.1 Å². The van der Waals surface area contributed by atoms with E-state index in [4.69, 9.17) is 11.6 Å². The highest BCUT2D eigenvalue weighted by Crippen LogP contribution is 2.17. The van der Waals surface area contributed by atoms with E-state index in [2.05, 4.69) is 11.8 Å². The number of likely N-dealkylation sites (tertiary alicyclic amines) is 1. The Morgan fingerprint density at radius 1 is 0.833 bits per heavy atom. The summed E-state index contributed by atoms with van der Waals surface area (Å²) in [5, 5.41) is 0. The molecule has 0 aromatic heterocycles. The number of rotatable bonds is 12. The van der Waals surface area contributed by atoms with Crippen molar-refractivity contribution in [2.45, 2.75) is 71.1 Å². The Morgan fingerprint density at radius 3 is 1.83 bits per heavy atom. The fraction of sp³-hybridized carbons (Fsp3) is 1.00. The number of hydrogen-bond acceptors (Lipinski definition) is 1. The van der Waals surface area contributed by atoms with Crippen LogP contribution in [-0.2, 0) is 0 Å². The van der Waals surface area contributed by atoms with Gasteiger partial charge in [-0.1, -0.05) is 64.7 Å². The molecule has 1 rings (SSSR count). The van der Waals surface area contributed by atoms with Crippen LogP contribution in [0.5, 0.6) is 0 Å². The van der Waals surface area contributed by atoms with Crippen molar-refractivity contribution in [1.82, 2.24) is 4.90 Å². The molecule has 0 amide bonds. The van der Waals surface area contributed by atoms with E-state index in [0.717, 1.165) is 11.8 Å². The van der Waals surface area contributed by atoms with E-state index in [0.29, 0.717) is 0 Å². The average Bonchev–Trinajstić information content (AvgIpc) is 2.33. The Bertz CT molecular complexity index is 178. The average molecular weight is 274 g/mol. The second kappa shape index (κ2) is 11.1. The summed E-state index contributed by atoms with van der Waals surface area (Å²) in [5.74, 6) is 1.64. The summed E-state index contributed by atoms with van der Waals surface area (Å²) in [6.45, 7) is 6.10. The summed E-state index contributed by atoms with van der Waals surface area (Å²) < 4.78 is 0. The molecule has 1 aliphatic heterocycles. The van der Waals surface area contributed by atoms with Gasteiger partial charge in [0.1, 0.15) is 0 Å². The molecular weight excluding hydrogens is 242 g/mol. The smallest absolute Gasteiger partial charge is 0.0276 e. The van der Waals surface area contributed by atoms with Crippen LogP contribution in [0.4, 0.5) is 0 Å². The molecule has 1 heterocycles. The molecule has 1 saturated heterocycles. The molecule has 18 heavy (non-hydrogen) atoms. The van der Waals surface area contributed by atoms with Crippen LogP contribution in [0.2, 0.25) is 0 Å². The van der Waals surface area contributed by atoms with Crippen LogP contribution >= 0.6 is 11.6 Å². The first-order valence-electron chi connectivity index (χ1n) is 8.15. The molecule has 1 fully saturated rings. The minimum atomic E-state index is 0.787. The molecule has 0 unspecified atom stereocenters. The molecule has 0 aromatic carbocycles. The zero-order valence-electron chi connectivity index (χ0n) is 12.3. The molecule has 108 valence electrons. The Labute approximate surface area is 119 Å². The van der Waals surface area contributed by atoms with Crippen molar-refractivity contribution >= 4 is 11.6 Å². The molecule has 0 atom stereocenters. The van der Waals surface area contributed by atoms with Gasteiger partial charge >= 0.3 is 0 Å². The second-order valence-electron chi connectivity index (χ2n) is 5.96. The highest BCUT2D eigenvalue weighted by molar-refractivity contribution is 6.18. The first kappa shape index (κ1) is 16.3. The minimum Gasteiger partial charge on any atom is -0.303 e. The van der Waals surface area contributed by atoms with Crippen LogP contribution in [0.25, 0.3) is 0 Å². The third-order valence-electron chi connectivity index (χ3n) is 4.08. The molecule has 0 aromatic rings. The van der Waals surface area contributed by atoms with Gasteiger partial charge in [-0.2, -0.15) is 0 Å². The third kappa shape index (κ3) is 7.63. The predicted octanol–water partition coefficient (Wildman–Crippen LogP) is 5.08. The van der Waals surface area contributed by atoms with E-state index in [-0.39, 0.29) is 0 Å². The Morgan fingerprint density at radius 2 is 1.33 bits per heavy atom. The molecule has 0 spiro atoms. The van der Waals surface area contributed by atoms with Crippen LogP contribution in [0, 0.1) is 5.92 Å². The van der Waals surface area contributed by atoms with E-state index in [1.54, 1.807) is 0 Å². The number of hydrogen-bond donors (Lipinski definition) is 0. The number of halogens is 1. The van der Waals surface area contributed by atoms with Gasteiger partial charge in [0.05, 0.1) is 0 Å². The van der Waals surface area contributed by atoms with Crippen LogP contribution in [0.15, 0.2) is 0 Å². The summed E-state index contributed by atoms with van der Waals surface area (Å²) >= 11 is 5.81. The van der Waals surface area contributed by atoms with Crippen LogP contribution in [-0.4, -0.2) is 30.4 Å². The van der Waals surface area contributed by atoms with Crippen molar-refractivity contribution < 1.29 is 0 Å². The number of unbranched alkanes of at least 4 members (excludes halogenated alkanes) is 9. The van der Waals surface area contributed by atoms with Crippen molar-refractivity contribution in [3.05, 3.63) is 0 Å². The van der Waals surface area contributed by atoms with Gasteiger partial charge in [-0.15, -0.1) is 11.6 Å². The van der Waals surface area contributed by atoms with Crippen LogP contribution in [0.3, 0.4) is 0 Å². The molecule has 1 aliphatic rings. The maximum absolute atomic E-state index is 5.81. The zero-order valence-corrected chi connectivity index (χ0v) is 13.1. The number of alkyl halides is 1. The Balaban J connectivity index is 1.69. The predicted molar refractivity (Wildman–Crippen MR) is 82.5 cm³/mol. The van der Waals surface area contributed by atoms with E-state index in [1.165, 1.54) is 83.8 Å². The van der Waals surface area contributed by atoms with E-state index >= 15 is 0 Å². The second-order valence-corrected chi connectivity index (χ2v) is 6.27. The van der Waals surface area contributed by atoms with Gasteiger partial charge in [0.2, 0.25) is 0 Å². The van der Waals surface area contributed by atoms with Crippen molar-refractivity contribution in [3.8, 4) is 0 Å². The van der Waals surface area contributed by atoms with Gasteiger partial charge in [0.15, 0.2) is 0 Å². The molecular formula is C16H32ClN. The van der Waals surface area contributed by atoms with Gasteiger partial charge in [0, 0.05) is 19.0 Å². The largest absolute Gasteiger partial charge is 0.303 e. The van der Waals surface area contributed by atoms with Crippen molar-refractivity contribution in [1.29, 1.82) is 0 Å². The summed E-state index contributed by atoms with van der Waals surface area (Å²) in [6, 6.07) is 0. The molecule has 1 nitrogen and oxygen atoms in total. The molecule has 0 bridgehead atoms. The fourth-order valence-corrected chi connectivity index (χ4v) is 2.98. The molecule has 0 N–H and O–H groups in total. The highest BCUT2D eigenvalue weighted by atomic mass is 35.5. The van der Waals surface area contributed by atoms with Crippen molar-refractivity contribution in [2.75, 3.05) is 25.5 Å². The van der Waals surface area contributed by atoms with Gasteiger partial charge < -0.3 is 4.90 Å². The summed E-state index contributed by atoms with van der Waals surface area (Å²) in [5.41, 5.74) is 0. The van der Waals surface area contributed by atoms with E-state index in [1.807, 2.05) is 0 Å². The van der Waals surface area contributed by atoms with E-state index < -0.39 is 0 Å². The molecule has 0 aliphatic carbocycles. The zero-order chi connectivity index (χ0) is 13.1. The first-order valence-corrected chi connectivity index (χ1v) is 8.68.